The number of aromatic nitrogens is 3. The summed E-state index contributed by atoms with van der Waals surface area (Å²) < 4.78 is 12.2. The topological polar surface area (TPSA) is 95.3 Å². The van der Waals surface area contributed by atoms with Crippen LogP contribution in [0.3, 0.4) is 0 Å². The van der Waals surface area contributed by atoms with E-state index in [4.69, 9.17) is 9.47 Å². The van der Waals surface area contributed by atoms with Gasteiger partial charge < -0.3 is 14.8 Å². The molecule has 0 fully saturated rings. The second-order valence-corrected chi connectivity index (χ2v) is 8.40. The molecule has 2 heterocycles. The first-order chi connectivity index (χ1) is 15.0. The van der Waals surface area contributed by atoms with Gasteiger partial charge in [0, 0.05) is 12.7 Å². The van der Waals surface area contributed by atoms with Gasteiger partial charge in [0.2, 0.25) is 5.91 Å². The molecule has 0 aliphatic heterocycles. The van der Waals surface area contributed by atoms with Crippen LogP contribution >= 0.6 is 23.1 Å². The zero-order valence-electron chi connectivity index (χ0n) is 17.6. The summed E-state index contributed by atoms with van der Waals surface area (Å²) in [6, 6.07) is 9.66. The summed E-state index contributed by atoms with van der Waals surface area (Å²) in [6.07, 6.45) is 0. The lowest BCUT2D eigenvalue weighted by Gasteiger charge is -2.10. The molecule has 0 saturated heterocycles. The first-order valence-electron chi connectivity index (χ1n) is 9.70. The Morgan fingerprint density at radius 2 is 2.10 bits per heavy atom. The molecule has 2 aromatic heterocycles. The molecule has 164 valence electrons. The van der Waals surface area contributed by atoms with E-state index in [0.29, 0.717) is 28.9 Å². The van der Waals surface area contributed by atoms with Crippen molar-refractivity contribution < 1.29 is 19.1 Å². The van der Waals surface area contributed by atoms with Gasteiger partial charge in [-0.3, -0.25) is 9.36 Å². The number of nitrogens with one attached hydrogen (secondary N) is 1. The molecule has 0 unspecified atom stereocenters. The molecule has 0 radical (unpaired) electrons. The van der Waals surface area contributed by atoms with E-state index in [0.717, 1.165) is 17.0 Å². The minimum Gasteiger partial charge on any atom is -0.462 e. The molecule has 0 spiro atoms. The highest BCUT2D eigenvalue weighted by Crippen LogP contribution is 2.27. The third kappa shape index (κ3) is 5.93. The maximum atomic E-state index is 12.5. The predicted molar refractivity (Wildman–Crippen MR) is 122 cm³/mol. The SMILES string of the molecule is CCOC(=O)c1ccsc1NC(=O)CSc1nnc(-c2cccc(C)c2)n1CCOC. The summed E-state index contributed by atoms with van der Waals surface area (Å²) in [6.45, 7) is 5.10. The molecule has 10 heteroatoms. The van der Waals surface area contributed by atoms with Gasteiger partial charge in [0.05, 0.1) is 31.1 Å². The monoisotopic (exact) mass is 460 g/mol. The lowest BCUT2D eigenvalue weighted by Crippen LogP contribution is -2.16. The Morgan fingerprint density at radius 1 is 1.26 bits per heavy atom. The number of aryl methyl sites for hydroxylation is 1. The number of hydrogen-bond acceptors (Lipinski definition) is 8. The first kappa shape index (κ1) is 23.0. The Balaban J connectivity index is 1.71. The summed E-state index contributed by atoms with van der Waals surface area (Å²) in [5.74, 6) is 0.163. The van der Waals surface area contributed by atoms with Gasteiger partial charge in [-0.1, -0.05) is 35.5 Å². The van der Waals surface area contributed by atoms with E-state index in [1.165, 1.54) is 23.1 Å². The van der Waals surface area contributed by atoms with Crippen LogP contribution in [-0.4, -0.2) is 52.7 Å². The normalized spacial score (nSPS) is 10.8. The Bertz CT molecular complexity index is 1050. The van der Waals surface area contributed by atoms with E-state index < -0.39 is 5.97 Å². The molecule has 0 bridgehead atoms. The van der Waals surface area contributed by atoms with Crippen LogP contribution in [0.15, 0.2) is 40.9 Å². The highest BCUT2D eigenvalue weighted by molar-refractivity contribution is 7.99. The number of nitrogens with zero attached hydrogens (tertiary/aromatic N) is 3. The fourth-order valence-corrected chi connectivity index (χ4v) is 4.40. The zero-order valence-corrected chi connectivity index (χ0v) is 19.2. The molecule has 3 aromatic rings. The number of carbonyl (C=O) groups is 2. The van der Waals surface area contributed by atoms with Crippen molar-refractivity contribution in [2.45, 2.75) is 25.5 Å². The number of ether oxygens (including phenoxy) is 2. The molecule has 8 nitrogen and oxygen atoms in total. The van der Waals surface area contributed by atoms with Crippen LogP contribution in [0.1, 0.15) is 22.8 Å². The van der Waals surface area contributed by atoms with Crippen molar-refractivity contribution in [3.63, 3.8) is 0 Å². The number of rotatable bonds is 10. The van der Waals surface area contributed by atoms with Gasteiger partial charge in [0.15, 0.2) is 11.0 Å². The number of hydrogen-bond donors (Lipinski definition) is 1. The summed E-state index contributed by atoms with van der Waals surface area (Å²) in [5, 5.41) is 14.2. The quantitative estimate of drug-likeness (QED) is 0.362. The predicted octanol–water partition coefficient (Wildman–Crippen LogP) is 3.87. The molecule has 0 saturated carbocycles. The fraction of sp³-hybridized carbons (Fsp3) is 0.333. The summed E-state index contributed by atoms with van der Waals surface area (Å²) in [5.41, 5.74) is 2.44. The highest BCUT2D eigenvalue weighted by Gasteiger charge is 2.18. The van der Waals surface area contributed by atoms with E-state index in [1.807, 2.05) is 35.8 Å². The first-order valence-corrected chi connectivity index (χ1v) is 11.6. The van der Waals surface area contributed by atoms with E-state index in [2.05, 4.69) is 15.5 Å². The molecular formula is C21H24N4O4S2. The molecule has 31 heavy (non-hydrogen) atoms. The molecule has 0 aliphatic carbocycles. The maximum absolute atomic E-state index is 12.5. The van der Waals surface area contributed by atoms with E-state index in [9.17, 15) is 9.59 Å². The molecule has 3 rings (SSSR count). The van der Waals surface area contributed by atoms with Crippen LogP contribution < -0.4 is 5.32 Å². The smallest absolute Gasteiger partial charge is 0.341 e. The molecule has 1 amide bonds. The average molecular weight is 461 g/mol. The van der Waals surface area contributed by atoms with Crippen LogP contribution in [0.5, 0.6) is 0 Å². The van der Waals surface area contributed by atoms with Crippen LogP contribution in [0, 0.1) is 6.92 Å². The van der Waals surface area contributed by atoms with Gasteiger partial charge >= 0.3 is 5.97 Å². The Labute approximate surface area is 189 Å². The fourth-order valence-electron chi connectivity index (χ4n) is 2.85. The van der Waals surface area contributed by atoms with Crippen molar-refractivity contribution >= 4 is 40.0 Å². The minimum atomic E-state index is -0.450. The van der Waals surface area contributed by atoms with Crippen molar-refractivity contribution in [2.75, 3.05) is 31.4 Å². The van der Waals surface area contributed by atoms with Crippen molar-refractivity contribution in [1.29, 1.82) is 0 Å². The van der Waals surface area contributed by atoms with Crippen molar-refractivity contribution in [2.24, 2.45) is 0 Å². The van der Waals surface area contributed by atoms with Crippen LogP contribution in [0.25, 0.3) is 11.4 Å². The summed E-state index contributed by atoms with van der Waals surface area (Å²) in [4.78, 5) is 24.5. The number of anilines is 1. The van der Waals surface area contributed by atoms with Crippen molar-refractivity contribution in [3.05, 3.63) is 46.8 Å². The molecule has 1 N–H and O–H groups in total. The van der Waals surface area contributed by atoms with Crippen LogP contribution in [0.4, 0.5) is 5.00 Å². The zero-order chi connectivity index (χ0) is 22.2. The third-order valence-electron chi connectivity index (χ3n) is 4.26. The minimum absolute atomic E-state index is 0.124. The number of thiophene rings is 1. The summed E-state index contributed by atoms with van der Waals surface area (Å²) in [7, 11) is 1.64. The molecule has 0 aliphatic rings. The number of methoxy groups -OCH3 is 1. The Kier molecular flexibility index (Phi) is 8.21. The third-order valence-corrected chi connectivity index (χ3v) is 6.05. The van der Waals surface area contributed by atoms with E-state index in [-0.39, 0.29) is 18.3 Å². The van der Waals surface area contributed by atoms with Crippen LogP contribution in [-0.2, 0) is 20.8 Å². The second-order valence-electron chi connectivity index (χ2n) is 6.54. The molecule has 1 aromatic carbocycles. The highest BCUT2D eigenvalue weighted by atomic mass is 32.2. The summed E-state index contributed by atoms with van der Waals surface area (Å²) >= 11 is 2.56. The van der Waals surface area contributed by atoms with E-state index in [1.54, 1.807) is 25.5 Å². The van der Waals surface area contributed by atoms with Crippen molar-refractivity contribution in [1.82, 2.24) is 14.8 Å². The largest absolute Gasteiger partial charge is 0.462 e. The van der Waals surface area contributed by atoms with Gasteiger partial charge in [-0.05, 0) is 31.4 Å². The lowest BCUT2D eigenvalue weighted by molar-refractivity contribution is -0.113. The lowest BCUT2D eigenvalue weighted by atomic mass is 10.1. The number of benzene rings is 1. The number of esters is 1. The second kappa shape index (κ2) is 11.1. The standard InChI is InChI=1S/C21H24N4O4S2/c1-4-29-20(27)16-8-11-30-19(16)22-17(26)13-31-21-24-23-18(25(21)9-10-28-3)15-7-5-6-14(2)12-15/h5-8,11-12H,4,9-10,13H2,1-3H3,(H,22,26). The number of thioether (sulfide) groups is 1. The molecular weight excluding hydrogens is 436 g/mol. The maximum Gasteiger partial charge on any atom is 0.341 e. The van der Waals surface area contributed by atoms with E-state index >= 15 is 0 Å². The van der Waals surface area contributed by atoms with Gasteiger partial charge in [-0.25, -0.2) is 4.79 Å². The number of amides is 1. The Hall–Kier alpha value is -2.69. The van der Waals surface area contributed by atoms with Crippen LogP contribution in [0.2, 0.25) is 0 Å². The van der Waals surface area contributed by atoms with Gasteiger partial charge in [0.1, 0.15) is 5.00 Å². The average Bonchev–Trinajstić information content (AvgIpc) is 3.37. The van der Waals surface area contributed by atoms with Crippen molar-refractivity contribution in [3.8, 4) is 11.4 Å². The number of carbonyl (C=O) groups excluding carboxylic acids is 2. The molecule has 0 atom stereocenters. The Morgan fingerprint density at radius 3 is 2.84 bits per heavy atom. The van der Waals surface area contributed by atoms with Gasteiger partial charge in [-0.2, -0.15) is 0 Å². The van der Waals surface area contributed by atoms with Gasteiger partial charge in [0.25, 0.3) is 0 Å². The van der Waals surface area contributed by atoms with Gasteiger partial charge in [-0.15, -0.1) is 21.5 Å².